The quantitative estimate of drug-likeness (QED) is 0.134. The Morgan fingerprint density at radius 3 is 2.48 bits per heavy atom. The molecule has 0 saturated heterocycles. The fourth-order valence-corrected chi connectivity index (χ4v) is 8.58. The van der Waals surface area contributed by atoms with Gasteiger partial charge in [0, 0.05) is 47.0 Å². The average molecular weight is 792 g/mol. The lowest BCUT2D eigenvalue weighted by molar-refractivity contribution is -0.123. The number of H-pyrrole nitrogens is 1. The lowest BCUT2D eigenvalue weighted by atomic mass is 9.93. The number of amides is 1. The zero-order valence-electron chi connectivity index (χ0n) is 28.3. The largest absolute Gasteiger partial charge is 0.346 e. The molecule has 0 bridgehead atoms. The van der Waals surface area contributed by atoms with Crippen molar-refractivity contribution in [2.45, 2.75) is 44.2 Å². The zero-order chi connectivity index (χ0) is 38.6. The van der Waals surface area contributed by atoms with E-state index in [0.29, 0.717) is 32.8 Å². The molecule has 12 nitrogen and oxygen atoms in total. The van der Waals surface area contributed by atoms with Crippen LogP contribution in [-0.4, -0.2) is 55.3 Å². The summed E-state index contributed by atoms with van der Waals surface area (Å²) in [5, 5.41) is 18.5. The third kappa shape index (κ3) is 5.93. The number of anilines is 1. The summed E-state index contributed by atoms with van der Waals surface area (Å²) in [6.45, 7) is 0.664. The molecule has 6 aromatic rings. The lowest BCUT2D eigenvalue weighted by Gasteiger charge is -2.23. The fraction of sp³-hybridized carbons (Fsp3) is 0.324. The van der Waals surface area contributed by atoms with Gasteiger partial charge in [0.2, 0.25) is 15.9 Å². The van der Waals surface area contributed by atoms with Crippen LogP contribution in [0.5, 0.6) is 0 Å². The van der Waals surface area contributed by atoms with Gasteiger partial charge in [-0.1, -0.05) is 24.6 Å². The summed E-state index contributed by atoms with van der Waals surface area (Å²) in [6, 6.07) is 6.27. The number of carbonyl (C=O) groups excluding carboxylic acids is 1. The third-order valence-electron chi connectivity index (χ3n) is 9.96. The first-order valence-electron chi connectivity index (χ1n) is 16.4. The SMILES string of the molecule is C[C@@H]1C2c3c(C(F)F)nn(CC(=O)NC(Cc4cc(F)cc(F)c4)c4nc5[nH]ncc5cc4-c4ccc(Cl)c5c(NS(C)(=O)=O)nn(C)c45)c3C(F)(F)C21. The van der Waals surface area contributed by atoms with Crippen molar-refractivity contribution in [3.63, 3.8) is 0 Å². The van der Waals surface area contributed by atoms with Crippen LogP contribution in [-0.2, 0) is 40.8 Å². The van der Waals surface area contributed by atoms with Crippen LogP contribution >= 0.6 is 11.6 Å². The number of hydrogen-bond acceptors (Lipinski definition) is 7. The van der Waals surface area contributed by atoms with Gasteiger partial charge in [0.25, 0.3) is 12.3 Å². The predicted molar refractivity (Wildman–Crippen MR) is 184 cm³/mol. The maximum atomic E-state index is 15.6. The molecule has 1 amide bonds. The molecule has 8 rings (SSSR count). The van der Waals surface area contributed by atoms with E-state index in [1.165, 1.54) is 16.9 Å². The molecule has 1 fully saturated rings. The number of aryl methyl sites for hydroxylation is 1. The average Bonchev–Trinajstić information content (AvgIpc) is 3.43. The highest BCUT2D eigenvalue weighted by atomic mass is 35.5. The molecular formula is C34H28ClF6N9O3S. The molecule has 4 heterocycles. The number of aromatic amines is 1. The van der Waals surface area contributed by atoms with Crippen molar-refractivity contribution in [3.8, 4) is 11.1 Å². The molecule has 4 aromatic heterocycles. The van der Waals surface area contributed by atoms with Crippen LogP contribution in [0.1, 0.15) is 53.5 Å². The zero-order valence-corrected chi connectivity index (χ0v) is 29.9. The number of pyridine rings is 1. The number of benzene rings is 2. The van der Waals surface area contributed by atoms with E-state index in [4.69, 9.17) is 16.6 Å². The van der Waals surface area contributed by atoms with Gasteiger partial charge in [-0.3, -0.25) is 24.0 Å². The van der Waals surface area contributed by atoms with Crippen molar-refractivity contribution < 1.29 is 39.6 Å². The number of nitrogens with one attached hydrogen (secondary N) is 3. The minimum absolute atomic E-state index is 0.0698. The Hall–Kier alpha value is -5.17. The summed E-state index contributed by atoms with van der Waals surface area (Å²) in [6.07, 6.45) is -1.03. The highest BCUT2D eigenvalue weighted by molar-refractivity contribution is 7.92. The van der Waals surface area contributed by atoms with E-state index in [0.717, 1.165) is 18.4 Å². The van der Waals surface area contributed by atoms with Gasteiger partial charge < -0.3 is 5.32 Å². The molecule has 4 atom stereocenters. The molecule has 1 saturated carbocycles. The molecule has 0 aliphatic heterocycles. The van der Waals surface area contributed by atoms with E-state index in [2.05, 4.69) is 30.4 Å². The Bertz CT molecular complexity index is 2620. The molecule has 54 heavy (non-hydrogen) atoms. The maximum Gasteiger partial charge on any atom is 0.293 e. The summed E-state index contributed by atoms with van der Waals surface area (Å²) in [5.41, 5.74) is -0.307. The minimum atomic E-state index is -3.81. The molecule has 20 heteroatoms. The van der Waals surface area contributed by atoms with Crippen molar-refractivity contribution in [2.24, 2.45) is 18.9 Å². The van der Waals surface area contributed by atoms with Gasteiger partial charge >= 0.3 is 0 Å². The Labute approximate surface area is 306 Å². The van der Waals surface area contributed by atoms with Crippen LogP contribution in [0.2, 0.25) is 5.02 Å². The van der Waals surface area contributed by atoms with Crippen LogP contribution in [0.3, 0.4) is 0 Å². The van der Waals surface area contributed by atoms with Crippen molar-refractivity contribution in [1.82, 2.24) is 40.1 Å². The third-order valence-corrected chi connectivity index (χ3v) is 10.8. The second-order valence-electron chi connectivity index (χ2n) is 13.6. The molecular weight excluding hydrogens is 764 g/mol. The summed E-state index contributed by atoms with van der Waals surface area (Å²) in [5.74, 6) is -8.86. The number of aromatic nitrogens is 7. The minimum Gasteiger partial charge on any atom is -0.346 e. The number of halogens is 7. The lowest BCUT2D eigenvalue weighted by Crippen LogP contribution is -2.35. The van der Waals surface area contributed by atoms with Crippen LogP contribution in [0, 0.1) is 23.5 Å². The normalized spacial score (nSPS) is 19.4. The summed E-state index contributed by atoms with van der Waals surface area (Å²) < 4.78 is 117. The van der Waals surface area contributed by atoms with Crippen molar-refractivity contribution >= 4 is 55.3 Å². The highest BCUT2D eigenvalue weighted by Gasteiger charge is 2.71. The van der Waals surface area contributed by atoms with E-state index in [1.54, 1.807) is 26.1 Å². The Balaban J connectivity index is 1.26. The second-order valence-corrected chi connectivity index (χ2v) is 15.8. The van der Waals surface area contributed by atoms with Gasteiger partial charge in [-0.2, -0.15) is 24.1 Å². The molecule has 3 unspecified atom stereocenters. The Kier molecular flexibility index (Phi) is 8.26. The van der Waals surface area contributed by atoms with E-state index < -0.39 is 81.6 Å². The predicted octanol–water partition coefficient (Wildman–Crippen LogP) is 6.50. The Morgan fingerprint density at radius 2 is 1.80 bits per heavy atom. The van der Waals surface area contributed by atoms with Crippen LogP contribution in [0.4, 0.5) is 32.2 Å². The molecule has 282 valence electrons. The molecule has 0 radical (unpaired) electrons. The molecule has 2 aromatic carbocycles. The van der Waals surface area contributed by atoms with Gasteiger partial charge in [-0.25, -0.2) is 31.0 Å². The van der Waals surface area contributed by atoms with Crippen molar-refractivity contribution in [2.75, 3.05) is 11.0 Å². The molecule has 2 aliphatic carbocycles. The number of fused-ring (bicyclic) bond motifs is 5. The van der Waals surface area contributed by atoms with Crippen molar-refractivity contribution in [1.29, 1.82) is 0 Å². The van der Waals surface area contributed by atoms with Gasteiger partial charge in [-0.15, -0.1) is 0 Å². The summed E-state index contributed by atoms with van der Waals surface area (Å²) in [7, 11) is -2.26. The number of rotatable bonds is 10. The highest BCUT2D eigenvalue weighted by Crippen LogP contribution is 2.71. The van der Waals surface area contributed by atoms with Gasteiger partial charge in [0.05, 0.1) is 40.1 Å². The van der Waals surface area contributed by atoms with Gasteiger partial charge in [0.1, 0.15) is 29.6 Å². The number of alkyl halides is 4. The van der Waals surface area contributed by atoms with Gasteiger partial charge in [-0.05, 0) is 42.2 Å². The van der Waals surface area contributed by atoms with Gasteiger partial charge in [0.15, 0.2) is 11.5 Å². The fourth-order valence-electron chi connectivity index (χ4n) is 7.84. The summed E-state index contributed by atoms with van der Waals surface area (Å²) >= 11 is 6.57. The van der Waals surface area contributed by atoms with E-state index in [1.807, 2.05) is 0 Å². The first kappa shape index (κ1) is 35.8. The maximum absolute atomic E-state index is 15.6. The molecule has 3 N–H and O–H groups in total. The second kappa shape index (κ2) is 12.4. The first-order valence-corrected chi connectivity index (χ1v) is 18.7. The number of nitrogens with zero attached hydrogens (tertiary/aromatic N) is 6. The first-order chi connectivity index (χ1) is 25.4. The smallest absolute Gasteiger partial charge is 0.293 e. The monoisotopic (exact) mass is 791 g/mol. The summed E-state index contributed by atoms with van der Waals surface area (Å²) in [4.78, 5) is 18.6. The molecule has 2 aliphatic rings. The van der Waals surface area contributed by atoms with Crippen LogP contribution in [0.25, 0.3) is 33.1 Å². The number of carbonyl (C=O) groups is 1. The number of sulfonamides is 1. The van der Waals surface area contributed by atoms with Crippen LogP contribution in [0.15, 0.2) is 42.6 Å². The van der Waals surface area contributed by atoms with E-state index >= 15 is 8.78 Å². The van der Waals surface area contributed by atoms with Crippen molar-refractivity contribution in [3.05, 3.63) is 87.5 Å². The topological polar surface area (TPSA) is 152 Å². The van der Waals surface area contributed by atoms with E-state index in [9.17, 15) is 30.8 Å². The van der Waals surface area contributed by atoms with Crippen LogP contribution < -0.4 is 10.0 Å². The standard InChI is InChI=1S/C34H28ClF6N9O3S/c1-13-23-25-28(31(38)39)46-50(30(25)34(40,41)26(13)23)12-22(51)43-21(8-14-6-16(36)10-17(37)7-14)27-19(9-15-11-42-45-32(15)44-27)18-4-5-20(35)24-29(18)49(2)47-33(24)48-54(3,52)53/h4-7,9-11,13,21,23,26,31H,8,12H2,1-3H3,(H,43,51)(H,47,48)(H,42,44,45)/t13-,21?,23?,26?/m1/s1. The van der Waals surface area contributed by atoms with E-state index in [-0.39, 0.29) is 45.1 Å². The number of hydrogen-bond donors (Lipinski definition) is 3. The Morgan fingerprint density at radius 1 is 1.07 bits per heavy atom. The molecule has 0 spiro atoms.